The van der Waals surface area contributed by atoms with Crippen LogP contribution in [0.15, 0.2) is 24.3 Å². The Kier molecular flexibility index (Phi) is 9.02. The number of piperidine rings is 1. The van der Waals surface area contributed by atoms with Crippen molar-refractivity contribution in [2.75, 3.05) is 59.2 Å². The maximum Gasteiger partial charge on any atom is 0.246 e. The zero-order valence-corrected chi connectivity index (χ0v) is 18.5. The number of ether oxygens (including phenoxy) is 3. The summed E-state index contributed by atoms with van der Waals surface area (Å²) in [5.74, 6) is 2.25. The molecule has 0 saturated carbocycles. The molecule has 2 aliphatic rings. The number of hydrogen-bond acceptors (Lipinski definition) is 5. The Morgan fingerprint density at radius 3 is 2.57 bits per heavy atom. The summed E-state index contributed by atoms with van der Waals surface area (Å²) in [6.07, 6.45) is 6.66. The van der Waals surface area contributed by atoms with Crippen LogP contribution in [0.25, 0.3) is 6.08 Å². The zero-order chi connectivity index (χ0) is 21.2. The van der Waals surface area contributed by atoms with Crippen LogP contribution in [0.2, 0.25) is 0 Å². The molecule has 2 saturated heterocycles. The summed E-state index contributed by atoms with van der Waals surface area (Å²) in [7, 11) is 0. The van der Waals surface area contributed by atoms with Gasteiger partial charge in [0.1, 0.15) is 0 Å². The first-order valence-electron chi connectivity index (χ1n) is 11.4. The van der Waals surface area contributed by atoms with Crippen molar-refractivity contribution in [1.82, 2.24) is 9.80 Å². The molecule has 6 heteroatoms. The van der Waals surface area contributed by atoms with Crippen molar-refractivity contribution in [3.8, 4) is 11.5 Å². The van der Waals surface area contributed by atoms with E-state index in [-0.39, 0.29) is 5.91 Å². The summed E-state index contributed by atoms with van der Waals surface area (Å²) in [5.41, 5.74) is 0.942. The van der Waals surface area contributed by atoms with Crippen molar-refractivity contribution in [2.45, 2.75) is 33.1 Å². The highest BCUT2D eigenvalue weighted by Crippen LogP contribution is 2.29. The molecule has 0 radical (unpaired) electrons. The lowest BCUT2D eigenvalue weighted by molar-refractivity contribution is -0.127. The Morgan fingerprint density at radius 1 is 1.10 bits per heavy atom. The Hall–Kier alpha value is -2.05. The van der Waals surface area contributed by atoms with E-state index in [1.165, 1.54) is 0 Å². The summed E-state index contributed by atoms with van der Waals surface area (Å²) >= 11 is 0. The number of morpholine rings is 1. The van der Waals surface area contributed by atoms with E-state index >= 15 is 0 Å². The minimum atomic E-state index is 0.0871. The summed E-state index contributed by atoms with van der Waals surface area (Å²) in [6, 6.07) is 5.82. The summed E-state index contributed by atoms with van der Waals surface area (Å²) in [5, 5.41) is 0. The van der Waals surface area contributed by atoms with E-state index in [1.54, 1.807) is 6.08 Å². The first kappa shape index (κ1) is 22.6. The maximum absolute atomic E-state index is 12.6. The standard InChI is InChI=1S/C24H36N2O4/c1-3-15-30-22-7-5-20(18-23(22)29-4-2)6-8-24(27)26-11-9-21(10-12-26)19-25-13-16-28-17-14-25/h5-8,18,21H,3-4,9-17,19H2,1-2H3/b8-6+. The van der Waals surface area contributed by atoms with Crippen LogP contribution in [0.4, 0.5) is 0 Å². The van der Waals surface area contributed by atoms with Gasteiger partial charge in [0.05, 0.1) is 26.4 Å². The molecule has 0 N–H and O–H groups in total. The van der Waals surface area contributed by atoms with E-state index in [1.807, 2.05) is 36.1 Å². The van der Waals surface area contributed by atoms with Crippen molar-refractivity contribution in [3.63, 3.8) is 0 Å². The van der Waals surface area contributed by atoms with E-state index in [0.717, 1.165) is 82.3 Å². The van der Waals surface area contributed by atoms with Gasteiger partial charge in [-0.25, -0.2) is 0 Å². The van der Waals surface area contributed by atoms with Crippen LogP contribution in [0.5, 0.6) is 11.5 Å². The third-order valence-electron chi connectivity index (χ3n) is 5.69. The van der Waals surface area contributed by atoms with Gasteiger partial charge >= 0.3 is 0 Å². The maximum atomic E-state index is 12.6. The van der Waals surface area contributed by atoms with Gasteiger partial charge < -0.3 is 19.1 Å². The van der Waals surface area contributed by atoms with E-state index < -0.39 is 0 Å². The topological polar surface area (TPSA) is 51.2 Å². The first-order chi connectivity index (χ1) is 14.7. The van der Waals surface area contributed by atoms with Crippen LogP contribution in [0.3, 0.4) is 0 Å². The summed E-state index contributed by atoms with van der Waals surface area (Å²) in [4.78, 5) is 17.1. The van der Waals surface area contributed by atoms with Crippen molar-refractivity contribution < 1.29 is 19.0 Å². The van der Waals surface area contributed by atoms with Crippen molar-refractivity contribution in [2.24, 2.45) is 5.92 Å². The van der Waals surface area contributed by atoms with Gasteiger partial charge in [-0.2, -0.15) is 0 Å². The molecule has 3 rings (SSSR count). The van der Waals surface area contributed by atoms with Crippen molar-refractivity contribution in [3.05, 3.63) is 29.8 Å². The molecule has 0 bridgehead atoms. The fraction of sp³-hybridized carbons (Fsp3) is 0.625. The van der Waals surface area contributed by atoms with Crippen molar-refractivity contribution >= 4 is 12.0 Å². The van der Waals surface area contributed by atoms with Crippen LogP contribution < -0.4 is 9.47 Å². The molecular weight excluding hydrogens is 380 g/mol. The quantitative estimate of drug-likeness (QED) is 0.577. The molecule has 1 amide bonds. The van der Waals surface area contributed by atoms with Crippen LogP contribution in [-0.4, -0.2) is 74.9 Å². The molecule has 0 aliphatic carbocycles. The fourth-order valence-corrected chi connectivity index (χ4v) is 3.99. The molecular formula is C24H36N2O4. The highest BCUT2D eigenvalue weighted by Gasteiger charge is 2.24. The average molecular weight is 417 g/mol. The summed E-state index contributed by atoms with van der Waals surface area (Å²) in [6.45, 7) is 11.8. The van der Waals surface area contributed by atoms with Gasteiger partial charge in [0.2, 0.25) is 5.91 Å². The SMILES string of the molecule is CCCOc1ccc(/C=C/C(=O)N2CCC(CN3CCOCC3)CC2)cc1OCC. The lowest BCUT2D eigenvalue weighted by Crippen LogP contribution is -2.43. The van der Waals surface area contributed by atoms with E-state index in [4.69, 9.17) is 14.2 Å². The molecule has 0 spiro atoms. The third kappa shape index (κ3) is 6.74. The van der Waals surface area contributed by atoms with Crippen LogP contribution in [-0.2, 0) is 9.53 Å². The van der Waals surface area contributed by atoms with Gasteiger partial charge in [0, 0.05) is 38.8 Å². The normalized spacial score (nSPS) is 18.7. The Balaban J connectivity index is 1.50. The van der Waals surface area contributed by atoms with E-state index in [9.17, 15) is 4.79 Å². The first-order valence-corrected chi connectivity index (χ1v) is 11.4. The summed E-state index contributed by atoms with van der Waals surface area (Å²) < 4.78 is 16.9. The molecule has 1 aromatic carbocycles. The molecule has 2 fully saturated rings. The lowest BCUT2D eigenvalue weighted by Gasteiger charge is -2.35. The van der Waals surface area contributed by atoms with Crippen LogP contribution in [0, 0.1) is 5.92 Å². The number of likely N-dealkylation sites (tertiary alicyclic amines) is 1. The number of amides is 1. The van der Waals surface area contributed by atoms with E-state index in [2.05, 4.69) is 11.8 Å². The molecule has 166 valence electrons. The minimum absolute atomic E-state index is 0.0871. The Bertz CT molecular complexity index is 692. The number of benzene rings is 1. The Labute approximate surface area is 180 Å². The van der Waals surface area contributed by atoms with Gasteiger partial charge in [-0.1, -0.05) is 13.0 Å². The molecule has 0 unspecified atom stereocenters. The predicted octanol–water partition coefficient (Wildman–Crippen LogP) is 3.46. The molecule has 2 heterocycles. The molecule has 0 atom stereocenters. The molecule has 0 aromatic heterocycles. The number of carbonyl (C=O) groups is 1. The van der Waals surface area contributed by atoms with Gasteiger partial charge in [0.25, 0.3) is 0 Å². The van der Waals surface area contributed by atoms with E-state index in [0.29, 0.717) is 19.1 Å². The second kappa shape index (κ2) is 12.0. The number of nitrogens with zero attached hydrogens (tertiary/aromatic N) is 2. The van der Waals surface area contributed by atoms with Gasteiger partial charge in [-0.05, 0) is 55.9 Å². The lowest BCUT2D eigenvalue weighted by atomic mass is 9.96. The molecule has 30 heavy (non-hydrogen) atoms. The average Bonchev–Trinajstić information content (AvgIpc) is 2.78. The smallest absolute Gasteiger partial charge is 0.246 e. The second-order valence-electron chi connectivity index (χ2n) is 8.00. The van der Waals surface area contributed by atoms with Gasteiger partial charge in [-0.15, -0.1) is 0 Å². The van der Waals surface area contributed by atoms with Crippen LogP contribution in [0.1, 0.15) is 38.7 Å². The van der Waals surface area contributed by atoms with Crippen molar-refractivity contribution in [1.29, 1.82) is 0 Å². The number of carbonyl (C=O) groups excluding carboxylic acids is 1. The van der Waals surface area contributed by atoms with Gasteiger partial charge in [-0.3, -0.25) is 9.69 Å². The predicted molar refractivity (Wildman–Crippen MR) is 119 cm³/mol. The highest BCUT2D eigenvalue weighted by molar-refractivity contribution is 5.91. The van der Waals surface area contributed by atoms with Crippen LogP contribution >= 0.6 is 0 Å². The Morgan fingerprint density at radius 2 is 1.87 bits per heavy atom. The monoisotopic (exact) mass is 416 g/mol. The van der Waals surface area contributed by atoms with Gasteiger partial charge in [0.15, 0.2) is 11.5 Å². The highest BCUT2D eigenvalue weighted by atomic mass is 16.5. The number of hydrogen-bond donors (Lipinski definition) is 0. The molecule has 2 aliphatic heterocycles. The zero-order valence-electron chi connectivity index (χ0n) is 18.5. The largest absolute Gasteiger partial charge is 0.490 e. The number of rotatable bonds is 9. The fourth-order valence-electron chi connectivity index (χ4n) is 3.99. The molecule has 1 aromatic rings. The second-order valence-corrected chi connectivity index (χ2v) is 8.00. The molecule has 6 nitrogen and oxygen atoms in total. The third-order valence-corrected chi connectivity index (χ3v) is 5.69. The minimum Gasteiger partial charge on any atom is -0.490 e.